The van der Waals surface area contributed by atoms with E-state index in [1.165, 1.54) is 32.7 Å². The molecule has 13 aromatic rings. The number of rotatable bonds is 8. The smallest absolute Gasteiger partial charge is 0.139 e. The molecule has 0 saturated heterocycles. The molecule has 68 heavy (non-hydrogen) atoms. The van der Waals surface area contributed by atoms with E-state index in [0.29, 0.717) is 11.8 Å². The fraction of sp³-hybridized carbons (Fsp3) is 0.0938. The second-order valence-electron chi connectivity index (χ2n) is 18.9. The lowest BCUT2D eigenvalue weighted by atomic mass is 9.97. The van der Waals surface area contributed by atoms with Crippen molar-refractivity contribution < 1.29 is 8.83 Å². The van der Waals surface area contributed by atoms with E-state index < -0.39 is 0 Å². The highest BCUT2D eigenvalue weighted by Crippen LogP contribution is 2.49. The molecular weight excluding hydrogens is 829 g/mol. The predicted octanol–water partition coefficient (Wildman–Crippen LogP) is 19.3. The Hall–Kier alpha value is -8.34. The van der Waals surface area contributed by atoms with E-state index in [1.54, 1.807) is 0 Å². The van der Waals surface area contributed by atoms with E-state index >= 15 is 0 Å². The minimum Gasteiger partial charge on any atom is -0.456 e. The second kappa shape index (κ2) is 15.6. The summed E-state index contributed by atoms with van der Waals surface area (Å²) in [4.78, 5) is 4.77. The predicted molar refractivity (Wildman–Crippen MR) is 289 cm³/mol. The maximum Gasteiger partial charge on any atom is 0.139 e. The topological polar surface area (TPSA) is 32.8 Å². The number of benzene rings is 11. The van der Waals surface area contributed by atoms with Crippen molar-refractivity contribution in [3.8, 4) is 0 Å². The molecule has 13 rings (SSSR count). The molecule has 0 unspecified atom stereocenters. The molecule has 2 aromatic heterocycles. The molecule has 0 N–H and O–H groups in total. The van der Waals surface area contributed by atoms with Crippen LogP contribution in [0.15, 0.2) is 215 Å². The average molecular weight is 877 g/mol. The van der Waals surface area contributed by atoms with E-state index in [1.807, 2.05) is 0 Å². The Kier molecular flexibility index (Phi) is 9.20. The molecule has 4 heteroatoms. The lowest BCUT2D eigenvalue weighted by Crippen LogP contribution is -2.10. The highest BCUT2D eigenvalue weighted by molar-refractivity contribution is 6.28. The van der Waals surface area contributed by atoms with Gasteiger partial charge in [-0.1, -0.05) is 161 Å². The van der Waals surface area contributed by atoms with Gasteiger partial charge in [-0.25, -0.2) is 0 Å². The molecule has 0 aliphatic heterocycles. The highest BCUT2D eigenvalue weighted by atomic mass is 16.3. The van der Waals surface area contributed by atoms with Crippen LogP contribution in [0.4, 0.5) is 34.1 Å². The Balaban J connectivity index is 1.02. The van der Waals surface area contributed by atoms with Crippen LogP contribution in [0.1, 0.15) is 50.7 Å². The molecule has 0 radical (unpaired) electrons. The van der Waals surface area contributed by atoms with Crippen LogP contribution in [-0.4, -0.2) is 0 Å². The third kappa shape index (κ3) is 6.43. The van der Waals surface area contributed by atoms with Gasteiger partial charge < -0.3 is 18.6 Å². The molecule has 326 valence electrons. The van der Waals surface area contributed by atoms with E-state index in [2.05, 4.69) is 244 Å². The largest absolute Gasteiger partial charge is 0.456 e. The Morgan fingerprint density at radius 3 is 1.07 bits per heavy atom. The summed E-state index contributed by atoms with van der Waals surface area (Å²) in [6.45, 7) is 8.97. The zero-order valence-electron chi connectivity index (χ0n) is 38.5. The molecule has 0 bridgehead atoms. The molecule has 0 spiro atoms. The Bertz CT molecular complexity index is 3840. The van der Waals surface area contributed by atoms with Crippen molar-refractivity contribution in [3.63, 3.8) is 0 Å². The van der Waals surface area contributed by atoms with Crippen LogP contribution in [0, 0.1) is 0 Å². The summed E-state index contributed by atoms with van der Waals surface area (Å²) < 4.78 is 14.0. The maximum atomic E-state index is 6.98. The normalized spacial score (nSPS) is 12.1. The van der Waals surface area contributed by atoms with Gasteiger partial charge >= 0.3 is 0 Å². The van der Waals surface area contributed by atoms with E-state index in [-0.39, 0.29) is 0 Å². The number of nitrogens with zero attached hydrogens (tertiary/aromatic N) is 2. The van der Waals surface area contributed by atoms with Crippen molar-refractivity contribution in [1.29, 1.82) is 0 Å². The van der Waals surface area contributed by atoms with Crippen molar-refractivity contribution in [2.45, 2.75) is 39.5 Å². The molecule has 0 amide bonds. The molecule has 0 atom stereocenters. The zero-order chi connectivity index (χ0) is 45.6. The first kappa shape index (κ1) is 40.0. The average Bonchev–Trinajstić information content (AvgIpc) is 3.93. The van der Waals surface area contributed by atoms with Crippen molar-refractivity contribution in [2.24, 2.45) is 0 Å². The molecule has 0 aliphatic rings. The fourth-order valence-corrected chi connectivity index (χ4v) is 10.6. The molecule has 0 aliphatic carbocycles. The number of hydrogen-bond acceptors (Lipinski definition) is 4. The van der Waals surface area contributed by atoms with Gasteiger partial charge in [-0.3, -0.25) is 0 Å². The van der Waals surface area contributed by atoms with Crippen molar-refractivity contribution in [2.75, 3.05) is 9.80 Å². The van der Waals surface area contributed by atoms with Gasteiger partial charge in [-0.05, 0) is 110 Å². The van der Waals surface area contributed by atoms with Crippen molar-refractivity contribution in [1.82, 2.24) is 0 Å². The van der Waals surface area contributed by atoms with Gasteiger partial charge in [-0.2, -0.15) is 0 Å². The molecule has 2 heterocycles. The van der Waals surface area contributed by atoms with Gasteiger partial charge in [-0.15, -0.1) is 0 Å². The van der Waals surface area contributed by atoms with Crippen LogP contribution in [0.2, 0.25) is 0 Å². The van der Waals surface area contributed by atoms with Crippen LogP contribution in [0.3, 0.4) is 0 Å². The quantitative estimate of drug-likeness (QED) is 0.152. The van der Waals surface area contributed by atoms with E-state index in [4.69, 9.17) is 8.83 Å². The standard InChI is InChI=1S/C64H48N2O2/c1-39(2)41-21-27-47(28-22-41)65(49-31-25-43-13-5-7-15-45(43)33-49)57-36-61-63(53-19-11-9-17-51(53)57)55-35-56-60(38-59(55)67-61)68-62-37-58(52-18-10-12-20-54(52)64(56)62)66(48-29-23-42(24-30-48)40(3)4)50-32-26-44-14-6-8-16-46(44)34-50/h5-40H,1-4H3. The summed E-state index contributed by atoms with van der Waals surface area (Å²) in [6.07, 6.45) is 0. The van der Waals surface area contributed by atoms with Gasteiger partial charge in [0, 0.05) is 73.3 Å². The summed E-state index contributed by atoms with van der Waals surface area (Å²) in [5.41, 5.74) is 12.3. The van der Waals surface area contributed by atoms with Crippen LogP contribution >= 0.6 is 0 Å². The molecule has 0 fully saturated rings. The summed E-state index contributed by atoms with van der Waals surface area (Å²) in [5, 5.41) is 13.7. The molecule has 11 aromatic carbocycles. The van der Waals surface area contributed by atoms with Gasteiger partial charge in [0.2, 0.25) is 0 Å². The Labute approximate surface area is 394 Å². The van der Waals surface area contributed by atoms with Crippen molar-refractivity contribution >= 4 is 121 Å². The highest BCUT2D eigenvalue weighted by Gasteiger charge is 2.25. The van der Waals surface area contributed by atoms with Crippen LogP contribution in [0.5, 0.6) is 0 Å². The van der Waals surface area contributed by atoms with Gasteiger partial charge in [0.25, 0.3) is 0 Å². The minimum atomic E-state index is 0.432. The lowest BCUT2D eigenvalue weighted by molar-refractivity contribution is 0.656. The molecule has 0 saturated carbocycles. The third-order valence-corrected chi connectivity index (χ3v) is 14.1. The molecular formula is C64H48N2O2. The van der Waals surface area contributed by atoms with Gasteiger partial charge in [0.05, 0.1) is 11.4 Å². The summed E-state index contributed by atoms with van der Waals surface area (Å²) >= 11 is 0. The first-order valence-corrected chi connectivity index (χ1v) is 23.8. The SMILES string of the molecule is CC(C)c1ccc(N(c2ccc3ccccc3c2)c2cc3oc4cc5oc6cc(N(c7ccc(C(C)C)cc7)c7ccc8ccccc8c7)c7ccccc7c6c5cc4c3c3ccccc23)cc1. The van der Waals surface area contributed by atoms with Crippen LogP contribution in [0.25, 0.3) is 87.0 Å². The van der Waals surface area contributed by atoms with Crippen LogP contribution < -0.4 is 9.80 Å². The summed E-state index contributed by atoms with van der Waals surface area (Å²) in [5.74, 6) is 0.863. The third-order valence-electron chi connectivity index (χ3n) is 14.1. The Morgan fingerprint density at radius 1 is 0.294 bits per heavy atom. The maximum absolute atomic E-state index is 6.98. The van der Waals surface area contributed by atoms with Gasteiger partial charge in [0.1, 0.15) is 22.3 Å². The van der Waals surface area contributed by atoms with Gasteiger partial charge in [0.15, 0.2) is 0 Å². The first-order chi connectivity index (χ1) is 33.3. The Morgan fingerprint density at radius 2 is 0.662 bits per heavy atom. The number of anilines is 6. The first-order valence-electron chi connectivity index (χ1n) is 23.8. The van der Waals surface area contributed by atoms with Crippen molar-refractivity contribution in [3.05, 3.63) is 217 Å². The van der Waals surface area contributed by atoms with E-state index in [0.717, 1.165) is 99.5 Å². The fourth-order valence-electron chi connectivity index (χ4n) is 10.6. The zero-order valence-corrected chi connectivity index (χ0v) is 38.5. The lowest BCUT2D eigenvalue weighted by Gasteiger charge is -2.27. The number of fused-ring (bicyclic) bond motifs is 12. The second-order valence-corrected chi connectivity index (χ2v) is 18.9. The summed E-state index contributed by atoms with van der Waals surface area (Å²) in [7, 11) is 0. The molecule has 4 nitrogen and oxygen atoms in total. The monoisotopic (exact) mass is 876 g/mol. The summed E-state index contributed by atoms with van der Waals surface area (Å²) in [6, 6.07) is 75.1. The number of furan rings is 2. The number of hydrogen-bond donors (Lipinski definition) is 0. The van der Waals surface area contributed by atoms with E-state index in [9.17, 15) is 0 Å². The van der Waals surface area contributed by atoms with Crippen LogP contribution in [-0.2, 0) is 0 Å². The minimum absolute atomic E-state index is 0.432.